The van der Waals surface area contributed by atoms with Crippen molar-refractivity contribution in [3.05, 3.63) is 44.1 Å². The monoisotopic (exact) mass is 259 g/mol. The summed E-state index contributed by atoms with van der Waals surface area (Å²) in [5.41, 5.74) is 0.777. The summed E-state index contributed by atoms with van der Waals surface area (Å²) in [4.78, 5) is 10.3. The highest BCUT2D eigenvalue weighted by Crippen LogP contribution is 2.21. The molecule has 4 heteroatoms. The first-order chi connectivity index (χ1) is 6.54. The minimum atomic E-state index is -0.369. The van der Waals surface area contributed by atoms with E-state index >= 15 is 0 Å². The average Bonchev–Trinajstić information content (AvgIpc) is 2.16. The normalized spacial score (nSPS) is 14.4. The standard InChI is InChI=1S/C10H14BrNO2/c1-4-6-7-10(12(13)14)8(3)9(11)5-2/h5-7H,4H2,1-3H3/b7-6+,9-5+,10-8+. The van der Waals surface area contributed by atoms with Crippen molar-refractivity contribution in [1.29, 1.82) is 0 Å². The fourth-order valence-corrected chi connectivity index (χ4v) is 1.09. The van der Waals surface area contributed by atoms with Crippen molar-refractivity contribution in [1.82, 2.24) is 0 Å². The van der Waals surface area contributed by atoms with Gasteiger partial charge in [-0.1, -0.05) is 35.0 Å². The second-order valence-corrected chi connectivity index (χ2v) is 3.57. The molecular formula is C10H14BrNO2. The molecule has 0 spiro atoms. The number of hydrogen-bond acceptors (Lipinski definition) is 2. The van der Waals surface area contributed by atoms with Crippen LogP contribution >= 0.6 is 15.9 Å². The van der Waals surface area contributed by atoms with Crippen molar-refractivity contribution in [2.45, 2.75) is 27.2 Å². The minimum absolute atomic E-state index is 0.136. The van der Waals surface area contributed by atoms with Gasteiger partial charge in [-0.25, -0.2) is 0 Å². The van der Waals surface area contributed by atoms with E-state index in [1.165, 1.54) is 0 Å². The summed E-state index contributed by atoms with van der Waals surface area (Å²) in [6.45, 7) is 5.49. The lowest BCUT2D eigenvalue weighted by Crippen LogP contribution is -1.99. The van der Waals surface area contributed by atoms with Gasteiger partial charge in [0.05, 0.1) is 4.92 Å². The Morgan fingerprint density at radius 2 is 2.14 bits per heavy atom. The smallest absolute Gasteiger partial charge is 0.258 e. The van der Waals surface area contributed by atoms with Crippen LogP contribution in [0.1, 0.15) is 27.2 Å². The lowest BCUT2D eigenvalue weighted by atomic mass is 10.2. The zero-order valence-corrected chi connectivity index (χ0v) is 10.2. The van der Waals surface area contributed by atoms with Crippen LogP contribution in [0.4, 0.5) is 0 Å². The summed E-state index contributed by atoms with van der Waals surface area (Å²) in [6, 6.07) is 0. The lowest BCUT2D eigenvalue weighted by molar-refractivity contribution is -0.420. The van der Waals surface area contributed by atoms with E-state index in [0.29, 0.717) is 5.57 Å². The topological polar surface area (TPSA) is 43.1 Å². The van der Waals surface area contributed by atoms with Crippen LogP contribution in [0.3, 0.4) is 0 Å². The van der Waals surface area contributed by atoms with E-state index in [9.17, 15) is 10.1 Å². The number of nitrogens with zero attached hydrogens (tertiary/aromatic N) is 1. The Balaban J connectivity index is 5.16. The molecule has 0 amide bonds. The molecule has 3 nitrogen and oxygen atoms in total. The fourth-order valence-electron chi connectivity index (χ4n) is 0.891. The highest BCUT2D eigenvalue weighted by atomic mass is 79.9. The Labute approximate surface area is 92.5 Å². The molecule has 14 heavy (non-hydrogen) atoms. The molecule has 78 valence electrons. The van der Waals surface area contributed by atoms with Gasteiger partial charge in [0, 0.05) is 16.1 Å². The molecule has 0 bridgehead atoms. The van der Waals surface area contributed by atoms with Gasteiger partial charge in [-0.05, 0) is 20.3 Å². The maximum absolute atomic E-state index is 10.7. The number of hydrogen-bond donors (Lipinski definition) is 0. The third-order valence-corrected chi connectivity index (χ3v) is 2.76. The van der Waals surface area contributed by atoms with Crippen LogP contribution in [0.2, 0.25) is 0 Å². The quantitative estimate of drug-likeness (QED) is 0.438. The predicted octanol–water partition coefficient (Wildman–Crippen LogP) is 3.80. The van der Waals surface area contributed by atoms with E-state index in [4.69, 9.17) is 0 Å². The van der Waals surface area contributed by atoms with Crippen LogP contribution in [0.25, 0.3) is 0 Å². The summed E-state index contributed by atoms with van der Waals surface area (Å²) in [7, 11) is 0. The number of rotatable bonds is 4. The second-order valence-electron chi connectivity index (χ2n) is 2.71. The Bertz CT molecular complexity index is 303. The van der Waals surface area contributed by atoms with Crippen molar-refractivity contribution in [3.63, 3.8) is 0 Å². The third kappa shape index (κ3) is 3.87. The molecule has 0 aromatic rings. The van der Waals surface area contributed by atoms with E-state index < -0.39 is 0 Å². The van der Waals surface area contributed by atoms with Gasteiger partial charge in [0.1, 0.15) is 0 Å². The molecule has 0 saturated heterocycles. The molecule has 0 aliphatic heterocycles. The van der Waals surface area contributed by atoms with Crippen molar-refractivity contribution >= 4 is 15.9 Å². The van der Waals surface area contributed by atoms with Gasteiger partial charge in [0.15, 0.2) is 0 Å². The van der Waals surface area contributed by atoms with Crippen LogP contribution in [0.5, 0.6) is 0 Å². The predicted molar refractivity (Wildman–Crippen MR) is 61.8 cm³/mol. The number of nitro groups is 1. The van der Waals surface area contributed by atoms with Gasteiger partial charge in [0.2, 0.25) is 0 Å². The maximum atomic E-state index is 10.7. The molecule has 0 N–H and O–H groups in total. The Morgan fingerprint density at radius 1 is 1.57 bits per heavy atom. The molecule has 0 fully saturated rings. The minimum Gasteiger partial charge on any atom is -0.258 e. The van der Waals surface area contributed by atoms with E-state index in [1.807, 2.05) is 13.8 Å². The van der Waals surface area contributed by atoms with Gasteiger partial charge in [0.25, 0.3) is 5.70 Å². The van der Waals surface area contributed by atoms with Gasteiger partial charge in [-0.2, -0.15) is 0 Å². The number of allylic oxidation sites excluding steroid dienone is 5. The molecule has 0 aliphatic rings. The molecule has 0 unspecified atom stereocenters. The zero-order valence-electron chi connectivity index (χ0n) is 8.58. The molecule has 0 atom stereocenters. The largest absolute Gasteiger partial charge is 0.273 e. The van der Waals surface area contributed by atoms with Crippen LogP contribution in [0.15, 0.2) is 34.0 Å². The molecule has 0 aromatic carbocycles. The lowest BCUT2D eigenvalue weighted by Gasteiger charge is -1.99. The summed E-state index contributed by atoms with van der Waals surface area (Å²) in [6.07, 6.45) is 5.90. The third-order valence-electron chi connectivity index (χ3n) is 1.70. The molecule has 0 radical (unpaired) electrons. The summed E-state index contributed by atoms with van der Waals surface area (Å²) < 4.78 is 0.755. The first kappa shape index (κ1) is 13.1. The van der Waals surface area contributed by atoms with Gasteiger partial charge in [-0.15, -0.1) is 0 Å². The molecular weight excluding hydrogens is 246 g/mol. The van der Waals surface area contributed by atoms with Gasteiger partial charge < -0.3 is 0 Å². The maximum Gasteiger partial charge on any atom is 0.273 e. The summed E-state index contributed by atoms with van der Waals surface area (Å²) in [5, 5.41) is 10.7. The molecule has 0 saturated carbocycles. The molecule has 0 rings (SSSR count). The van der Waals surface area contributed by atoms with Crippen molar-refractivity contribution in [3.8, 4) is 0 Å². The Kier molecular flexibility index (Phi) is 6.12. The second kappa shape index (κ2) is 6.54. The first-order valence-electron chi connectivity index (χ1n) is 4.38. The van der Waals surface area contributed by atoms with Crippen LogP contribution < -0.4 is 0 Å². The SMILES string of the molecule is C\C=C(Br)/C(C)=C(\C=C\CC)[N+](=O)[O-]. The van der Waals surface area contributed by atoms with Crippen LogP contribution in [0, 0.1) is 10.1 Å². The van der Waals surface area contributed by atoms with E-state index in [0.717, 1.165) is 10.9 Å². The molecule has 0 aliphatic carbocycles. The van der Waals surface area contributed by atoms with Gasteiger partial charge in [-0.3, -0.25) is 10.1 Å². The molecule has 0 aromatic heterocycles. The summed E-state index contributed by atoms with van der Waals surface area (Å²) >= 11 is 3.27. The number of halogens is 1. The van der Waals surface area contributed by atoms with Crippen molar-refractivity contribution in [2.75, 3.05) is 0 Å². The van der Waals surface area contributed by atoms with Crippen molar-refractivity contribution < 1.29 is 4.92 Å². The van der Waals surface area contributed by atoms with E-state index in [1.54, 1.807) is 25.2 Å². The van der Waals surface area contributed by atoms with E-state index in [-0.39, 0.29) is 10.6 Å². The van der Waals surface area contributed by atoms with Crippen molar-refractivity contribution in [2.24, 2.45) is 0 Å². The summed E-state index contributed by atoms with van der Waals surface area (Å²) in [5.74, 6) is 0. The average molecular weight is 260 g/mol. The highest BCUT2D eigenvalue weighted by Gasteiger charge is 2.12. The molecule has 0 heterocycles. The highest BCUT2D eigenvalue weighted by molar-refractivity contribution is 9.12. The zero-order chi connectivity index (χ0) is 11.1. The van der Waals surface area contributed by atoms with Crippen LogP contribution in [-0.2, 0) is 0 Å². The van der Waals surface area contributed by atoms with E-state index in [2.05, 4.69) is 15.9 Å². The Morgan fingerprint density at radius 3 is 2.50 bits per heavy atom. The Hall–Kier alpha value is -0.900. The first-order valence-corrected chi connectivity index (χ1v) is 5.17. The fraction of sp³-hybridized carbons (Fsp3) is 0.400. The van der Waals surface area contributed by atoms with Gasteiger partial charge >= 0.3 is 0 Å². The van der Waals surface area contributed by atoms with Crippen LogP contribution in [-0.4, -0.2) is 4.92 Å².